The van der Waals surface area contributed by atoms with Crippen LogP contribution in [0.25, 0.3) is 0 Å². The molecular formula is C12H14N3O2. The van der Waals surface area contributed by atoms with Crippen LogP contribution in [0.5, 0.6) is 0 Å². The number of aldehydes is 1. The minimum Gasteiger partial charge on any atom is -0.349 e. The maximum atomic E-state index is 11.6. The highest BCUT2D eigenvalue weighted by Gasteiger charge is 2.41. The Balaban J connectivity index is 1.86. The number of carbonyl (C=O) groups is 1. The maximum Gasteiger partial charge on any atom is 0.170 e. The maximum absolute atomic E-state index is 11.6. The van der Waals surface area contributed by atoms with Gasteiger partial charge < -0.3 is 4.90 Å². The molecule has 2 bridgehead atoms. The molecule has 17 heavy (non-hydrogen) atoms. The summed E-state index contributed by atoms with van der Waals surface area (Å²) >= 11 is 0. The summed E-state index contributed by atoms with van der Waals surface area (Å²) in [6.45, 7) is 0. The van der Waals surface area contributed by atoms with E-state index in [0.29, 0.717) is 36.9 Å². The first-order chi connectivity index (χ1) is 8.28. The van der Waals surface area contributed by atoms with Crippen molar-refractivity contribution in [1.82, 2.24) is 9.97 Å². The van der Waals surface area contributed by atoms with Crippen LogP contribution in [0.2, 0.25) is 0 Å². The molecule has 3 rings (SSSR count). The van der Waals surface area contributed by atoms with E-state index in [4.69, 9.17) is 0 Å². The van der Waals surface area contributed by atoms with E-state index in [1.54, 1.807) is 6.20 Å². The van der Waals surface area contributed by atoms with Crippen LogP contribution >= 0.6 is 0 Å². The molecule has 0 aliphatic carbocycles. The lowest BCUT2D eigenvalue weighted by Gasteiger charge is -2.37. The van der Waals surface area contributed by atoms with Gasteiger partial charge in [0.15, 0.2) is 6.29 Å². The molecule has 1 aromatic heterocycles. The van der Waals surface area contributed by atoms with Crippen LogP contribution < -0.4 is 4.90 Å². The molecule has 5 heteroatoms. The van der Waals surface area contributed by atoms with Crippen molar-refractivity contribution in [1.29, 1.82) is 0 Å². The molecule has 0 spiro atoms. The van der Waals surface area contributed by atoms with Gasteiger partial charge in [-0.05, 0) is 25.7 Å². The van der Waals surface area contributed by atoms with Crippen molar-refractivity contribution in [2.24, 2.45) is 0 Å². The Morgan fingerprint density at radius 3 is 2.41 bits per heavy atom. The molecule has 3 heterocycles. The third-order valence-corrected chi connectivity index (χ3v) is 3.73. The van der Waals surface area contributed by atoms with E-state index in [1.165, 1.54) is 6.20 Å². The standard InChI is InChI=1S/C12H14N3O2/c16-7-8-5-14-12(6-13-8)15-9-1-2-10(15)4-11(17)3-9/h5-7,9-11H,1-4H2/t9-,10+,11-. The Morgan fingerprint density at radius 1 is 1.18 bits per heavy atom. The molecule has 0 amide bonds. The van der Waals surface area contributed by atoms with Crippen molar-refractivity contribution in [2.75, 3.05) is 4.90 Å². The van der Waals surface area contributed by atoms with Gasteiger partial charge in [-0.2, -0.15) is 0 Å². The van der Waals surface area contributed by atoms with Gasteiger partial charge in [-0.1, -0.05) is 0 Å². The van der Waals surface area contributed by atoms with Crippen molar-refractivity contribution in [3.8, 4) is 0 Å². The molecular weight excluding hydrogens is 218 g/mol. The average Bonchev–Trinajstić information content (AvgIpc) is 2.62. The molecule has 0 N–H and O–H groups in total. The molecule has 2 aliphatic heterocycles. The van der Waals surface area contributed by atoms with Crippen molar-refractivity contribution >= 4 is 12.1 Å². The average molecular weight is 232 g/mol. The summed E-state index contributed by atoms with van der Waals surface area (Å²) in [6, 6.07) is 0.625. The Bertz CT molecular complexity index is 406. The van der Waals surface area contributed by atoms with Gasteiger partial charge in [0, 0.05) is 12.1 Å². The highest BCUT2D eigenvalue weighted by molar-refractivity contribution is 5.71. The van der Waals surface area contributed by atoms with Crippen molar-refractivity contribution in [3.05, 3.63) is 18.1 Å². The number of aromatic nitrogens is 2. The quantitative estimate of drug-likeness (QED) is 0.719. The first kappa shape index (κ1) is 10.7. The lowest BCUT2D eigenvalue weighted by atomic mass is 10.0. The first-order valence-corrected chi connectivity index (χ1v) is 5.99. The predicted octanol–water partition coefficient (Wildman–Crippen LogP) is 1.22. The lowest BCUT2D eigenvalue weighted by Crippen LogP contribution is -2.44. The van der Waals surface area contributed by atoms with Crippen LogP contribution in [0.4, 0.5) is 5.82 Å². The highest BCUT2D eigenvalue weighted by atomic mass is 16.3. The number of fused-ring (bicyclic) bond motifs is 2. The largest absolute Gasteiger partial charge is 0.349 e. The topological polar surface area (TPSA) is 66.0 Å². The summed E-state index contributed by atoms with van der Waals surface area (Å²) in [5.41, 5.74) is 0.347. The minimum absolute atomic E-state index is 0.313. The Labute approximate surface area is 99.5 Å². The number of hydrogen-bond acceptors (Lipinski definition) is 4. The SMILES string of the molecule is [O][C@@H]1C[C@H]2CC[C@@H](C1)N2c1cnc(C=O)cn1. The fraction of sp³-hybridized carbons (Fsp3) is 0.583. The molecule has 2 saturated heterocycles. The van der Waals surface area contributed by atoms with E-state index >= 15 is 0 Å². The van der Waals surface area contributed by atoms with Crippen LogP contribution in [0, 0.1) is 0 Å². The second-order valence-electron chi connectivity index (χ2n) is 4.80. The monoisotopic (exact) mass is 232 g/mol. The number of hydrogen-bond donors (Lipinski definition) is 0. The van der Waals surface area contributed by atoms with Gasteiger partial charge in [-0.15, -0.1) is 0 Å². The van der Waals surface area contributed by atoms with Gasteiger partial charge in [0.25, 0.3) is 0 Å². The molecule has 0 aromatic carbocycles. The number of rotatable bonds is 2. The summed E-state index contributed by atoms with van der Waals surface area (Å²) < 4.78 is 0. The Hall–Kier alpha value is -1.49. The third-order valence-electron chi connectivity index (χ3n) is 3.73. The fourth-order valence-electron chi connectivity index (χ4n) is 3.03. The molecule has 1 aromatic rings. The predicted molar refractivity (Wildman–Crippen MR) is 60.4 cm³/mol. The lowest BCUT2D eigenvalue weighted by molar-refractivity contribution is 0.0537. The molecule has 0 unspecified atom stereocenters. The second-order valence-corrected chi connectivity index (χ2v) is 4.80. The van der Waals surface area contributed by atoms with Crippen LogP contribution in [-0.4, -0.2) is 34.4 Å². The molecule has 0 saturated carbocycles. The molecule has 1 radical (unpaired) electrons. The summed E-state index contributed by atoms with van der Waals surface area (Å²) in [5, 5.41) is 11.6. The Morgan fingerprint density at radius 2 is 1.88 bits per heavy atom. The summed E-state index contributed by atoms with van der Waals surface area (Å²) in [5.74, 6) is 0.801. The number of piperidine rings is 1. The van der Waals surface area contributed by atoms with Gasteiger partial charge in [-0.3, -0.25) is 4.79 Å². The van der Waals surface area contributed by atoms with Gasteiger partial charge >= 0.3 is 0 Å². The number of carbonyl (C=O) groups excluding carboxylic acids is 1. The molecule has 89 valence electrons. The molecule has 5 nitrogen and oxygen atoms in total. The number of anilines is 1. The van der Waals surface area contributed by atoms with Gasteiger partial charge in [-0.25, -0.2) is 15.1 Å². The zero-order chi connectivity index (χ0) is 11.8. The molecule has 2 fully saturated rings. The van der Waals surface area contributed by atoms with Crippen molar-refractivity contribution in [3.63, 3.8) is 0 Å². The van der Waals surface area contributed by atoms with Gasteiger partial charge in [0.1, 0.15) is 11.5 Å². The second kappa shape index (κ2) is 4.07. The third kappa shape index (κ3) is 1.80. The zero-order valence-corrected chi connectivity index (χ0v) is 9.45. The molecule has 3 atom stereocenters. The Kier molecular flexibility index (Phi) is 2.55. The molecule has 2 aliphatic rings. The van der Waals surface area contributed by atoms with Crippen LogP contribution in [0.3, 0.4) is 0 Å². The smallest absolute Gasteiger partial charge is 0.170 e. The van der Waals surface area contributed by atoms with Crippen molar-refractivity contribution in [2.45, 2.75) is 43.9 Å². The minimum atomic E-state index is -0.425. The zero-order valence-electron chi connectivity index (χ0n) is 9.45. The first-order valence-electron chi connectivity index (χ1n) is 5.99. The van der Waals surface area contributed by atoms with Gasteiger partial charge in [0.2, 0.25) is 0 Å². The van der Waals surface area contributed by atoms with Crippen LogP contribution in [0.15, 0.2) is 12.4 Å². The summed E-state index contributed by atoms with van der Waals surface area (Å²) in [4.78, 5) is 21.0. The number of nitrogens with zero attached hydrogens (tertiary/aromatic N) is 3. The van der Waals surface area contributed by atoms with E-state index in [0.717, 1.165) is 18.7 Å². The highest BCUT2D eigenvalue weighted by Crippen LogP contribution is 2.38. The van der Waals surface area contributed by atoms with E-state index in [-0.39, 0.29) is 0 Å². The summed E-state index contributed by atoms with van der Waals surface area (Å²) in [7, 11) is 0. The van der Waals surface area contributed by atoms with Crippen molar-refractivity contribution < 1.29 is 9.90 Å². The van der Waals surface area contributed by atoms with E-state index in [1.807, 2.05) is 0 Å². The van der Waals surface area contributed by atoms with E-state index in [9.17, 15) is 9.90 Å². The van der Waals surface area contributed by atoms with E-state index < -0.39 is 6.10 Å². The van der Waals surface area contributed by atoms with E-state index in [2.05, 4.69) is 14.9 Å². The van der Waals surface area contributed by atoms with Crippen LogP contribution in [-0.2, 0) is 5.11 Å². The normalized spacial score (nSPS) is 31.6. The summed E-state index contributed by atoms with van der Waals surface area (Å²) in [6.07, 6.45) is 6.94. The fourth-order valence-corrected chi connectivity index (χ4v) is 3.03. The van der Waals surface area contributed by atoms with Gasteiger partial charge in [0.05, 0.1) is 18.5 Å². The van der Waals surface area contributed by atoms with Crippen LogP contribution in [0.1, 0.15) is 36.2 Å².